The van der Waals surface area contributed by atoms with E-state index in [1.807, 2.05) is 0 Å². The third-order valence-corrected chi connectivity index (χ3v) is 3.91. The lowest BCUT2D eigenvalue weighted by molar-refractivity contribution is 0.0321. The van der Waals surface area contributed by atoms with Crippen molar-refractivity contribution >= 4 is 10.0 Å². The topological polar surface area (TPSA) is 81.9 Å². The molecule has 1 heterocycles. The number of hydrogen-bond acceptors (Lipinski definition) is 5. The number of morpholine rings is 1. The molecule has 8 heteroatoms. The van der Waals surface area contributed by atoms with Crippen LogP contribution in [0.15, 0.2) is 23.1 Å². The average Bonchev–Trinajstić information content (AvgIpc) is 2.40. The second-order valence-corrected chi connectivity index (χ2v) is 5.97. The molecule has 1 saturated heterocycles. The van der Waals surface area contributed by atoms with Gasteiger partial charge in [0.25, 0.3) is 0 Å². The van der Waals surface area contributed by atoms with Crippen molar-refractivity contribution in [3.63, 3.8) is 0 Å². The number of ether oxygens (including phenoxy) is 2. The highest BCUT2D eigenvalue weighted by Gasteiger charge is 2.17. The molecule has 1 aliphatic rings. The highest BCUT2D eigenvalue weighted by molar-refractivity contribution is 7.89. The summed E-state index contributed by atoms with van der Waals surface area (Å²) in [6, 6.07) is 3.27. The fraction of sp³-hybridized carbons (Fsp3) is 0.500. The highest BCUT2D eigenvalue weighted by Crippen LogP contribution is 2.23. The second kappa shape index (κ2) is 6.49. The maximum absolute atomic E-state index is 13.1. The van der Waals surface area contributed by atoms with Crippen LogP contribution in [0.25, 0.3) is 0 Å². The van der Waals surface area contributed by atoms with Crippen molar-refractivity contribution in [1.29, 1.82) is 0 Å². The largest absolute Gasteiger partial charge is 0.491 e. The molecular weight excluding hydrogens is 287 g/mol. The molecule has 0 unspecified atom stereocenters. The molecule has 0 amide bonds. The van der Waals surface area contributed by atoms with Gasteiger partial charge in [-0.05, 0) is 18.2 Å². The maximum Gasteiger partial charge on any atom is 0.241 e. The molecule has 2 N–H and O–H groups in total. The van der Waals surface area contributed by atoms with Crippen molar-refractivity contribution in [3.05, 3.63) is 24.0 Å². The van der Waals surface area contributed by atoms with Crippen molar-refractivity contribution in [1.82, 2.24) is 4.90 Å². The molecule has 2 rings (SSSR count). The summed E-state index contributed by atoms with van der Waals surface area (Å²) in [5, 5.41) is 5.04. The third-order valence-electron chi connectivity index (χ3n) is 2.98. The smallest absolute Gasteiger partial charge is 0.241 e. The van der Waals surface area contributed by atoms with Gasteiger partial charge < -0.3 is 9.47 Å². The molecule has 0 radical (unpaired) electrons. The van der Waals surface area contributed by atoms with E-state index in [-0.39, 0.29) is 10.6 Å². The van der Waals surface area contributed by atoms with Gasteiger partial charge in [-0.2, -0.15) is 0 Å². The summed E-state index contributed by atoms with van der Waals surface area (Å²) in [4.78, 5) is 1.81. The van der Waals surface area contributed by atoms with Crippen molar-refractivity contribution in [3.8, 4) is 5.75 Å². The first-order chi connectivity index (χ1) is 9.47. The second-order valence-electron chi connectivity index (χ2n) is 4.44. The van der Waals surface area contributed by atoms with Crippen molar-refractivity contribution in [2.75, 3.05) is 39.5 Å². The van der Waals surface area contributed by atoms with Crippen LogP contribution in [0.1, 0.15) is 0 Å². The first-order valence-electron chi connectivity index (χ1n) is 6.22. The zero-order valence-electron chi connectivity index (χ0n) is 10.9. The maximum atomic E-state index is 13.1. The fourth-order valence-electron chi connectivity index (χ4n) is 1.93. The van der Waals surface area contributed by atoms with Gasteiger partial charge in [0.2, 0.25) is 10.0 Å². The minimum atomic E-state index is -4.01. The molecule has 6 nitrogen and oxygen atoms in total. The number of benzene rings is 1. The lowest BCUT2D eigenvalue weighted by Crippen LogP contribution is -2.38. The zero-order valence-corrected chi connectivity index (χ0v) is 11.7. The van der Waals surface area contributed by atoms with E-state index in [9.17, 15) is 12.8 Å². The van der Waals surface area contributed by atoms with Crippen molar-refractivity contribution in [2.45, 2.75) is 4.90 Å². The lowest BCUT2D eigenvalue weighted by Gasteiger charge is -2.26. The minimum Gasteiger partial charge on any atom is -0.491 e. The van der Waals surface area contributed by atoms with Crippen LogP contribution in [-0.4, -0.2) is 52.8 Å². The Labute approximate surface area is 117 Å². The number of primary sulfonamides is 1. The van der Waals surface area contributed by atoms with E-state index in [1.54, 1.807) is 0 Å². The summed E-state index contributed by atoms with van der Waals surface area (Å²) in [7, 11) is -4.01. The monoisotopic (exact) mass is 304 g/mol. The van der Waals surface area contributed by atoms with Gasteiger partial charge in [0.05, 0.1) is 13.2 Å². The van der Waals surface area contributed by atoms with E-state index in [0.29, 0.717) is 26.4 Å². The normalized spacial score (nSPS) is 17.1. The molecule has 1 fully saturated rings. The Kier molecular flexibility index (Phi) is 4.92. The van der Waals surface area contributed by atoms with Crippen LogP contribution in [0.5, 0.6) is 5.75 Å². The number of sulfonamides is 1. The Morgan fingerprint density at radius 3 is 2.70 bits per heavy atom. The summed E-state index contributed by atoms with van der Waals surface area (Å²) < 4.78 is 46.5. The molecule has 0 aromatic heterocycles. The van der Waals surface area contributed by atoms with Gasteiger partial charge in [0.15, 0.2) is 0 Å². The molecule has 112 valence electrons. The summed E-state index contributed by atoms with van der Waals surface area (Å²) >= 11 is 0. The summed E-state index contributed by atoms with van der Waals surface area (Å²) in [5.41, 5.74) is 0. The van der Waals surface area contributed by atoms with Gasteiger partial charge in [-0.3, -0.25) is 4.90 Å². The Balaban J connectivity index is 1.98. The van der Waals surface area contributed by atoms with Gasteiger partial charge in [0.1, 0.15) is 23.1 Å². The van der Waals surface area contributed by atoms with Crippen molar-refractivity contribution in [2.24, 2.45) is 5.14 Å². The molecular formula is C12H17FN2O4S. The number of hydrogen-bond donors (Lipinski definition) is 1. The van der Waals surface area contributed by atoms with Gasteiger partial charge in [-0.15, -0.1) is 0 Å². The van der Waals surface area contributed by atoms with Gasteiger partial charge in [-0.1, -0.05) is 0 Å². The molecule has 0 aliphatic carbocycles. The van der Waals surface area contributed by atoms with E-state index in [4.69, 9.17) is 14.6 Å². The summed E-state index contributed by atoms with van der Waals surface area (Å²) in [6.45, 7) is 3.93. The average molecular weight is 304 g/mol. The molecule has 0 spiro atoms. The van der Waals surface area contributed by atoms with Crippen LogP contribution in [0, 0.1) is 5.82 Å². The SMILES string of the molecule is NS(=O)(=O)c1cc(F)ccc1OCCN1CCOCC1. The number of nitrogens with zero attached hydrogens (tertiary/aromatic N) is 1. The van der Waals surface area contributed by atoms with E-state index in [0.717, 1.165) is 25.2 Å². The predicted octanol–water partition coefficient (Wildman–Crippen LogP) is 0.184. The van der Waals surface area contributed by atoms with Gasteiger partial charge >= 0.3 is 0 Å². The van der Waals surface area contributed by atoms with Crippen LogP contribution in [0.3, 0.4) is 0 Å². The van der Waals surface area contributed by atoms with Crippen LogP contribution in [-0.2, 0) is 14.8 Å². The zero-order chi connectivity index (χ0) is 14.6. The molecule has 1 aromatic carbocycles. The lowest BCUT2D eigenvalue weighted by atomic mass is 10.3. The van der Waals surface area contributed by atoms with E-state index >= 15 is 0 Å². The predicted molar refractivity (Wildman–Crippen MR) is 70.5 cm³/mol. The highest BCUT2D eigenvalue weighted by atomic mass is 32.2. The molecule has 1 aliphatic heterocycles. The number of halogens is 1. The quantitative estimate of drug-likeness (QED) is 0.839. The Morgan fingerprint density at radius 1 is 1.35 bits per heavy atom. The summed E-state index contributed by atoms with van der Waals surface area (Å²) in [5.74, 6) is -0.600. The van der Waals surface area contributed by atoms with E-state index in [1.165, 1.54) is 6.07 Å². The van der Waals surface area contributed by atoms with Gasteiger partial charge in [-0.25, -0.2) is 17.9 Å². The van der Waals surface area contributed by atoms with Crippen molar-refractivity contribution < 1.29 is 22.3 Å². The number of rotatable bonds is 5. The molecule has 0 bridgehead atoms. The van der Waals surface area contributed by atoms with E-state index in [2.05, 4.69) is 4.90 Å². The molecule has 0 atom stereocenters. The third kappa shape index (κ3) is 4.14. The van der Waals surface area contributed by atoms with Crippen LogP contribution in [0.4, 0.5) is 4.39 Å². The van der Waals surface area contributed by atoms with Gasteiger partial charge in [0, 0.05) is 19.6 Å². The van der Waals surface area contributed by atoms with Crippen LogP contribution < -0.4 is 9.88 Å². The molecule has 1 aromatic rings. The first kappa shape index (κ1) is 15.2. The van der Waals surface area contributed by atoms with Crippen LogP contribution in [0.2, 0.25) is 0 Å². The standard InChI is InChI=1S/C12H17FN2O4S/c13-10-1-2-11(12(9-10)20(14,16)17)19-8-5-15-3-6-18-7-4-15/h1-2,9H,3-8H2,(H2,14,16,17). The number of nitrogens with two attached hydrogens (primary N) is 1. The Morgan fingerprint density at radius 2 is 2.05 bits per heavy atom. The fourth-order valence-corrected chi connectivity index (χ4v) is 2.62. The van der Waals surface area contributed by atoms with E-state index < -0.39 is 15.8 Å². The minimum absolute atomic E-state index is 0.0714. The van der Waals surface area contributed by atoms with Crippen LogP contribution >= 0.6 is 0 Å². The Hall–Kier alpha value is -1.22. The summed E-state index contributed by atoms with van der Waals surface area (Å²) in [6.07, 6.45) is 0. The Bertz CT molecular complexity index is 559. The molecule has 20 heavy (non-hydrogen) atoms. The molecule has 0 saturated carbocycles. The first-order valence-corrected chi connectivity index (χ1v) is 7.77.